The molecule has 0 radical (unpaired) electrons. The van der Waals surface area contributed by atoms with E-state index in [1.54, 1.807) is 11.8 Å². The largest absolute Gasteiger partial charge is 0.466 e. The minimum atomic E-state index is -0.134. The molecule has 0 aliphatic rings. The van der Waals surface area contributed by atoms with Gasteiger partial charge in [-0.15, -0.1) is 11.8 Å². The van der Waals surface area contributed by atoms with Crippen molar-refractivity contribution in [3.8, 4) is 0 Å². The number of hydrogen-bond donors (Lipinski definition) is 0. The standard InChI is InChI=1S/C11H15NO2S/c1-3-14-11(13)4-5-15-10-6-9(2)7-12-8-10/h6-8H,3-5H2,1-2H3. The van der Waals surface area contributed by atoms with E-state index in [0.29, 0.717) is 13.0 Å². The Kier molecular flexibility index (Phi) is 5.18. The van der Waals surface area contributed by atoms with Crippen LogP contribution < -0.4 is 0 Å². The van der Waals surface area contributed by atoms with Gasteiger partial charge in [0.15, 0.2) is 0 Å². The molecular weight excluding hydrogens is 210 g/mol. The van der Waals surface area contributed by atoms with Gasteiger partial charge in [-0.25, -0.2) is 0 Å². The normalized spacial score (nSPS) is 10.0. The van der Waals surface area contributed by atoms with Crippen molar-refractivity contribution in [2.24, 2.45) is 0 Å². The third-order valence-electron chi connectivity index (χ3n) is 1.73. The van der Waals surface area contributed by atoms with E-state index in [4.69, 9.17) is 4.74 Å². The molecule has 0 N–H and O–H groups in total. The molecule has 0 spiro atoms. The predicted octanol–water partition coefficient (Wildman–Crippen LogP) is 2.44. The first-order chi connectivity index (χ1) is 7.22. The van der Waals surface area contributed by atoms with Gasteiger partial charge in [0, 0.05) is 23.0 Å². The highest BCUT2D eigenvalue weighted by Gasteiger charge is 2.02. The van der Waals surface area contributed by atoms with Gasteiger partial charge in [0.1, 0.15) is 0 Å². The zero-order chi connectivity index (χ0) is 11.1. The second kappa shape index (κ2) is 6.45. The summed E-state index contributed by atoms with van der Waals surface area (Å²) in [7, 11) is 0. The molecule has 0 amide bonds. The molecule has 0 aromatic carbocycles. The van der Waals surface area contributed by atoms with E-state index in [2.05, 4.69) is 11.1 Å². The van der Waals surface area contributed by atoms with Crippen LogP contribution in [0.1, 0.15) is 18.9 Å². The average Bonchev–Trinajstić information content (AvgIpc) is 2.18. The fourth-order valence-corrected chi connectivity index (χ4v) is 2.00. The Hall–Kier alpha value is -1.03. The van der Waals surface area contributed by atoms with Crippen LogP contribution in [0.4, 0.5) is 0 Å². The Bertz CT molecular complexity index is 328. The Morgan fingerprint density at radius 3 is 3.00 bits per heavy atom. The molecule has 1 aromatic heterocycles. The average molecular weight is 225 g/mol. The van der Waals surface area contributed by atoms with Crippen molar-refractivity contribution >= 4 is 17.7 Å². The van der Waals surface area contributed by atoms with Gasteiger partial charge in [-0.1, -0.05) is 0 Å². The van der Waals surface area contributed by atoms with E-state index in [0.717, 1.165) is 16.2 Å². The smallest absolute Gasteiger partial charge is 0.306 e. The van der Waals surface area contributed by atoms with Gasteiger partial charge in [0.05, 0.1) is 13.0 Å². The molecule has 1 heterocycles. The number of aromatic nitrogens is 1. The van der Waals surface area contributed by atoms with Crippen molar-refractivity contribution in [3.63, 3.8) is 0 Å². The summed E-state index contributed by atoms with van der Waals surface area (Å²) in [6, 6.07) is 2.06. The summed E-state index contributed by atoms with van der Waals surface area (Å²) < 4.78 is 4.84. The minimum absolute atomic E-state index is 0.134. The molecule has 0 aliphatic carbocycles. The monoisotopic (exact) mass is 225 g/mol. The number of hydrogen-bond acceptors (Lipinski definition) is 4. The summed E-state index contributed by atoms with van der Waals surface area (Å²) >= 11 is 1.63. The van der Waals surface area contributed by atoms with Crippen LogP contribution in [0.3, 0.4) is 0 Å². The van der Waals surface area contributed by atoms with E-state index in [1.807, 2.05) is 26.2 Å². The van der Waals surface area contributed by atoms with Crippen LogP contribution in [0.25, 0.3) is 0 Å². The van der Waals surface area contributed by atoms with Crippen LogP contribution in [-0.2, 0) is 9.53 Å². The van der Waals surface area contributed by atoms with Crippen molar-refractivity contribution in [3.05, 3.63) is 24.0 Å². The number of carbonyl (C=O) groups excluding carboxylic acids is 1. The van der Waals surface area contributed by atoms with Crippen LogP contribution in [0.5, 0.6) is 0 Å². The first-order valence-electron chi connectivity index (χ1n) is 4.92. The number of nitrogens with zero attached hydrogens (tertiary/aromatic N) is 1. The molecule has 3 nitrogen and oxygen atoms in total. The first-order valence-corrected chi connectivity index (χ1v) is 5.91. The maximum Gasteiger partial charge on any atom is 0.306 e. The highest BCUT2D eigenvalue weighted by atomic mass is 32.2. The van der Waals surface area contributed by atoms with Gasteiger partial charge >= 0.3 is 5.97 Å². The molecule has 0 unspecified atom stereocenters. The Morgan fingerprint density at radius 2 is 2.33 bits per heavy atom. The number of pyridine rings is 1. The van der Waals surface area contributed by atoms with E-state index in [-0.39, 0.29) is 5.97 Å². The number of carbonyl (C=O) groups is 1. The third kappa shape index (κ3) is 4.83. The molecule has 0 bridgehead atoms. The van der Waals surface area contributed by atoms with Gasteiger partial charge in [-0.2, -0.15) is 0 Å². The van der Waals surface area contributed by atoms with E-state index >= 15 is 0 Å². The molecule has 82 valence electrons. The van der Waals surface area contributed by atoms with Crippen molar-refractivity contribution in [2.45, 2.75) is 25.2 Å². The minimum Gasteiger partial charge on any atom is -0.466 e. The second-order valence-electron chi connectivity index (χ2n) is 3.10. The first kappa shape index (κ1) is 12.0. The Labute approximate surface area is 94.2 Å². The molecular formula is C11H15NO2S. The van der Waals surface area contributed by atoms with Gasteiger partial charge in [0.2, 0.25) is 0 Å². The summed E-state index contributed by atoms with van der Waals surface area (Å²) in [5.74, 6) is 0.606. The lowest BCUT2D eigenvalue weighted by molar-refractivity contribution is -0.142. The van der Waals surface area contributed by atoms with Crippen LogP contribution >= 0.6 is 11.8 Å². The molecule has 15 heavy (non-hydrogen) atoms. The number of rotatable bonds is 5. The number of ether oxygens (including phenoxy) is 1. The van der Waals surface area contributed by atoms with Gasteiger partial charge in [0.25, 0.3) is 0 Å². The van der Waals surface area contributed by atoms with Crippen molar-refractivity contribution in [1.82, 2.24) is 4.98 Å². The molecule has 0 aliphatic heterocycles. The molecule has 0 saturated carbocycles. The number of thioether (sulfide) groups is 1. The summed E-state index contributed by atoms with van der Waals surface area (Å²) in [5, 5.41) is 0. The third-order valence-corrected chi connectivity index (χ3v) is 2.69. The van der Waals surface area contributed by atoms with E-state index < -0.39 is 0 Å². The van der Waals surface area contributed by atoms with Crippen LogP contribution in [0.15, 0.2) is 23.4 Å². The molecule has 1 rings (SSSR count). The number of aryl methyl sites for hydroxylation is 1. The Balaban J connectivity index is 2.28. The quantitative estimate of drug-likeness (QED) is 0.570. The van der Waals surface area contributed by atoms with Gasteiger partial charge < -0.3 is 4.74 Å². The summed E-state index contributed by atoms with van der Waals surface area (Å²) in [4.78, 5) is 16.2. The molecule has 1 aromatic rings. The fourth-order valence-electron chi connectivity index (χ4n) is 1.09. The van der Waals surface area contributed by atoms with Crippen LogP contribution in [-0.4, -0.2) is 23.3 Å². The lowest BCUT2D eigenvalue weighted by Crippen LogP contribution is -2.04. The van der Waals surface area contributed by atoms with E-state index in [9.17, 15) is 4.79 Å². The highest BCUT2D eigenvalue weighted by Crippen LogP contribution is 2.18. The van der Waals surface area contributed by atoms with Crippen molar-refractivity contribution < 1.29 is 9.53 Å². The topological polar surface area (TPSA) is 39.2 Å². The molecule has 0 fully saturated rings. The second-order valence-corrected chi connectivity index (χ2v) is 4.27. The lowest BCUT2D eigenvalue weighted by atomic mass is 10.3. The zero-order valence-corrected chi connectivity index (χ0v) is 9.84. The summed E-state index contributed by atoms with van der Waals surface area (Å²) in [5.41, 5.74) is 1.14. The molecule has 4 heteroatoms. The fraction of sp³-hybridized carbons (Fsp3) is 0.455. The van der Waals surface area contributed by atoms with Gasteiger partial charge in [-0.3, -0.25) is 9.78 Å². The maximum absolute atomic E-state index is 11.0. The summed E-state index contributed by atoms with van der Waals surface area (Å²) in [6.07, 6.45) is 4.07. The Morgan fingerprint density at radius 1 is 1.53 bits per heavy atom. The van der Waals surface area contributed by atoms with Crippen LogP contribution in [0, 0.1) is 6.92 Å². The van der Waals surface area contributed by atoms with E-state index in [1.165, 1.54) is 0 Å². The molecule has 0 atom stereocenters. The highest BCUT2D eigenvalue weighted by molar-refractivity contribution is 7.99. The number of esters is 1. The van der Waals surface area contributed by atoms with Crippen LogP contribution in [0.2, 0.25) is 0 Å². The lowest BCUT2D eigenvalue weighted by Gasteiger charge is -2.02. The maximum atomic E-state index is 11.0. The zero-order valence-electron chi connectivity index (χ0n) is 9.03. The van der Waals surface area contributed by atoms with Gasteiger partial charge in [-0.05, 0) is 25.5 Å². The predicted molar refractivity (Wildman–Crippen MR) is 60.9 cm³/mol. The SMILES string of the molecule is CCOC(=O)CCSc1cncc(C)c1. The summed E-state index contributed by atoms with van der Waals surface area (Å²) in [6.45, 7) is 4.27. The van der Waals surface area contributed by atoms with Crippen molar-refractivity contribution in [2.75, 3.05) is 12.4 Å². The molecule has 0 saturated heterocycles. The van der Waals surface area contributed by atoms with Crippen molar-refractivity contribution in [1.29, 1.82) is 0 Å².